The van der Waals surface area contributed by atoms with Crippen molar-refractivity contribution in [2.75, 3.05) is 0 Å². The van der Waals surface area contributed by atoms with Gasteiger partial charge in [0.1, 0.15) is 18.3 Å². The van der Waals surface area contributed by atoms with Crippen LogP contribution in [0.25, 0.3) is 0 Å². The van der Waals surface area contributed by atoms with Crippen LogP contribution in [-0.4, -0.2) is 53.2 Å². The van der Waals surface area contributed by atoms with Crippen LogP contribution in [0.5, 0.6) is 0 Å². The van der Waals surface area contributed by atoms with Crippen LogP contribution in [0, 0.1) is 0 Å². The molecule has 0 aromatic heterocycles. The van der Waals surface area contributed by atoms with Crippen molar-refractivity contribution in [2.45, 2.75) is 64.4 Å². The first-order valence-corrected chi connectivity index (χ1v) is 7.67. The van der Waals surface area contributed by atoms with Crippen molar-refractivity contribution >= 4 is 23.7 Å². The van der Waals surface area contributed by atoms with E-state index in [9.17, 15) is 24.3 Å². The van der Waals surface area contributed by atoms with E-state index in [-0.39, 0.29) is 19.3 Å². The zero-order valence-electron chi connectivity index (χ0n) is 13.9. The molecule has 8 nitrogen and oxygen atoms in total. The normalized spacial score (nSPS) is 32.5. The third-order valence-electron chi connectivity index (χ3n) is 3.34. The van der Waals surface area contributed by atoms with Crippen LogP contribution in [0.4, 0.5) is 0 Å². The van der Waals surface area contributed by atoms with Gasteiger partial charge >= 0.3 is 17.9 Å². The molecule has 1 heterocycles. The molecular formula is C16H22O8. The summed E-state index contributed by atoms with van der Waals surface area (Å²) in [6.45, 7) is 4.36. The topological polar surface area (TPSA) is 116 Å². The second kappa shape index (κ2) is 9.17. The number of hydrogen-bond donors (Lipinski definition) is 1. The first-order valence-electron chi connectivity index (χ1n) is 7.67. The minimum Gasteiger partial charge on any atom is -0.460 e. The van der Waals surface area contributed by atoms with Gasteiger partial charge in [-0.05, 0) is 26.8 Å². The quantitative estimate of drug-likeness (QED) is 0.498. The van der Waals surface area contributed by atoms with Crippen LogP contribution in [0.3, 0.4) is 0 Å². The molecule has 1 aliphatic heterocycles. The lowest BCUT2D eigenvalue weighted by Gasteiger charge is -2.18. The SMILES string of the molecule is CC1CC(=O)O[C@@H](C)C(=O)CCC(=O)O[C@@H](C)[C@H](O)/C=C/C(=O)O1. The van der Waals surface area contributed by atoms with E-state index in [1.807, 2.05) is 0 Å². The standard InChI is InChI=1S/C16H22O8/c1-9-8-16(21)24-11(3)13(18)5-7-15(20)23-10(2)12(17)4-6-14(19)22-9/h4,6,9-12,17H,5,7-8H2,1-3H3/b6-4+/t9?,10-,11-,12+/m0/s1. The molecule has 0 radical (unpaired) electrons. The molecule has 1 unspecified atom stereocenters. The number of ether oxygens (including phenoxy) is 3. The molecule has 0 amide bonds. The van der Waals surface area contributed by atoms with Gasteiger partial charge in [0, 0.05) is 12.5 Å². The predicted octanol–water partition coefficient (Wildman–Crippen LogP) is 0.452. The molecule has 1 N–H and O–H groups in total. The van der Waals surface area contributed by atoms with Gasteiger partial charge in [0.25, 0.3) is 0 Å². The minimum absolute atomic E-state index is 0.142. The van der Waals surface area contributed by atoms with E-state index in [0.717, 1.165) is 12.2 Å². The van der Waals surface area contributed by atoms with Crippen LogP contribution in [0.15, 0.2) is 12.2 Å². The molecule has 134 valence electrons. The lowest BCUT2D eigenvalue weighted by Crippen LogP contribution is -2.30. The van der Waals surface area contributed by atoms with Crippen molar-refractivity contribution in [1.82, 2.24) is 0 Å². The number of carbonyl (C=O) groups is 4. The average Bonchev–Trinajstić information content (AvgIpc) is 2.48. The van der Waals surface area contributed by atoms with Crippen LogP contribution < -0.4 is 0 Å². The molecule has 0 bridgehead atoms. The highest BCUT2D eigenvalue weighted by atomic mass is 16.6. The van der Waals surface area contributed by atoms with Crippen molar-refractivity contribution in [1.29, 1.82) is 0 Å². The molecule has 24 heavy (non-hydrogen) atoms. The fourth-order valence-electron chi connectivity index (χ4n) is 1.92. The van der Waals surface area contributed by atoms with Crippen molar-refractivity contribution in [2.24, 2.45) is 0 Å². The summed E-state index contributed by atoms with van der Waals surface area (Å²) < 4.78 is 14.9. The van der Waals surface area contributed by atoms with Gasteiger partial charge in [0.2, 0.25) is 0 Å². The van der Waals surface area contributed by atoms with E-state index < -0.39 is 48.1 Å². The number of ketones is 1. The number of esters is 3. The fourth-order valence-corrected chi connectivity index (χ4v) is 1.92. The van der Waals surface area contributed by atoms with Gasteiger partial charge in [-0.1, -0.05) is 0 Å². The van der Waals surface area contributed by atoms with Crippen molar-refractivity contribution < 1.29 is 38.5 Å². The Morgan fingerprint density at radius 3 is 2.29 bits per heavy atom. The van der Waals surface area contributed by atoms with Crippen LogP contribution in [0.2, 0.25) is 0 Å². The van der Waals surface area contributed by atoms with Gasteiger partial charge in [-0.2, -0.15) is 0 Å². The molecule has 4 atom stereocenters. The molecule has 0 aromatic carbocycles. The van der Waals surface area contributed by atoms with Gasteiger partial charge in [-0.3, -0.25) is 14.4 Å². The lowest BCUT2D eigenvalue weighted by molar-refractivity contribution is -0.159. The van der Waals surface area contributed by atoms with Gasteiger partial charge < -0.3 is 19.3 Å². The zero-order valence-corrected chi connectivity index (χ0v) is 13.9. The number of aliphatic hydroxyl groups is 1. The van der Waals surface area contributed by atoms with Crippen LogP contribution in [-0.2, 0) is 33.4 Å². The summed E-state index contributed by atoms with van der Waals surface area (Å²) in [6, 6.07) is 0. The second-order valence-corrected chi connectivity index (χ2v) is 5.59. The first-order chi connectivity index (χ1) is 11.2. The molecule has 0 saturated heterocycles. The summed E-state index contributed by atoms with van der Waals surface area (Å²) in [7, 11) is 0. The Bertz CT molecular complexity index is 524. The Hall–Kier alpha value is -2.22. The van der Waals surface area contributed by atoms with Gasteiger partial charge in [-0.25, -0.2) is 4.79 Å². The summed E-state index contributed by atoms with van der Waals surface area (Å²) in [6.07, 6.45) is -2.28. The highest BCUT2D eigenvalue weighted by Gasteiger charge is 2.23. The van der Waals surface area contributed by atoms with Crippen LogP contribution in [0.1, 0.15) is 40.0 Å². The Morgan fingerprint density at radius 1 is 0.958 bits per heavy atom. The van der Waals surface area contributed by atoms with E-state index in [2.05, 4.69) is 0 Å². The highest BCUT2D eigenvalue weighted by molar-refractivity contribution is 5.88. The summed E-state index contributed by atoms with van der Waals surface area (Å²) in [5.74, 6) is -2.55. The number of aliphatic hydroxyl groups excluding tert-OH is 1. The number of Topliss-reactive ketones (excluding diaryl/α,β-unsaturated/α-hetero) is 1. The lowest BCUT2D eigenvalue weighted by atomic mass is 10.1. The monoisotopic (exact) mass is 342 g/mol. The van der Waals surface area contributed by atoms with E-state index in [4.69, 9.17) is 14.2 Å². The van der Waals surface area contributed by atoms with Crippen LogP contribution >= 0.6 is 0 Å². The maximum absolute atomic E-state index is 11.8. The largest absolute Gasteiger partial charge is 0.460 e. The molecule has 0 saturated carbocycles. The third kappa shape index (κ3) is 6.91. The molecule has 0 aliphatic carbocycles. The Balaban J connectivity index is 2.85. The molecule has 8 heteroatoms. The Kier molecular flexibility index (Phi) is 7.57. The maximum atomic E-state index is 11.8. The third-order valence-corrected chi connectivity index (χ3v) is 3.34. The molecule has 1 aliphatic rings. The summed E-state index contributed by atoms with van der Waals surface area (Å²) in [4.78, 5) is 46.8. The number of carbonyl (C=O) groups excluding carboxylic acids is 4. The summed E-state index contributed by atoms with van der Waals surface area (Å²) >= 11 is 0. The van der Waals surface area contributed by atoms with Gasteiger partial charge in [0.15, 0.2) is 11.9 Å². The maximum Gasteiger partial charge on any atom is 0.330 e. The predicted molar refractivity (Wildman–Crippen MR) is 80.7 cm³/mol. The fraction of sp³-hybridized carbons (Fsp3) is 0.625. The molecule has 0 aromatic rings. The van der Waals surface area contributed by atoms with E-state index in [1.54, 1.807) is 0 Å². The number of rotatable bonds is 0. The smallest absolute Gasteiger partial charge is 0.330 e. The second-order valence-electron chi connectivity index (χ2n) is 5.59. The first kappa shape index (κ1) is 19.8. The van der Waals surface area contributed by atoms with Gasteiger partial charge in [-0.15, -0.1) is 0 Å². The Morgan fingerprint density at radius 2 is 1.62 bits per heavy atom. The van der Waals surface area contributed by atoms with E-state index >= 15 is 0 Å². The zero-order chi connectivity index (χ0) is 18.3. The number of hydrogen-bond acceptors (Lipinski definition) is 8. The van der Waals surface area contributed by atoms with E-state index in [1.165, 1.54) is 20.8 Å². The van der Waals surface area contributed by atoms with Gasteiger partial charge in [0.05, 0.1) is 12.8 Å². The van der Waals surface area contributed by atoms with Crippen molar-refractivity contribution in [3.8, 4) is 0 Å². The molecule has 1 rings (SSSR count). The minimum atomic E-state index is -1.20. The van der Waals surface area contributed by atoms with Crippen molar-refractivity contribution in [3.63, 3.8) is 0 Å². The Labute approximate surface area is 139 Å². The number of cyclic esters (lactones) is 3. The summed E-state index contributed by atoms with van der Waals surface area (Å²) in [5.41, 5.74) is 0. The van der Waals surface area contributed by atoms with Crippen molar-refractivity contribution in [3.05, 3.63) is 12.2 Å². The van der Waals surface area contributed by atoms with E-state index in [0.29, 0.717) is 0 Å². The molecular weight excluding hydrogens is 320 g/mol. The average molecular weight is 342 g/mol. The summed E-state index contributed by atoms with van der Waals surface area (Å²) in [5, 5.41) is 9.81. The molecule has 0 spiro atoms. The highest BCUT2D eigenvalue weighted by Crippen LogP contribution is 2.09. The molecule has 0 fully saturated rings.